The molecule has 0 unspecified atom stereocenters. The van der Waals surface area contributed by atoms with Crippen LogP contribution in [0, 0.1) is 0 Å². The smallest absolute Gasteiger partial charge is 0.246 e. The van der Waals surface area contributed by atoms with Crippen LogP contribution in [0.4, 0.5) is 5.69 Å². The summed E-state index contributed by atoms with van der Waals surface area (Å²) in [5, 5.41) is 0. The number of sulfonamides is 1. The second-order valence-corrected chi connectivity index (χ2v) is 10.4. The number of ketones is 1. The molecular formula is C26H37N3O4S. The van der Waals surface area contributed by atoms with Crippen molar-refractivity contribution in [2.45, 2.75) is 38.0 Å². The highest BCUT2D eigenvalue weighted by atomic mass is 32.2. The van der Waals surface area contributed by atoms with Gasteiger partial charge in [-0.05, 0) is 49.7 Å². The number of piperazine rings is 1. The average Bonchev–Trinajstić information content (AvgIpc) is 2.87. The quantitative estimate of drug-likeness (QED) is 0.334. The minimum Gasteiger partial charge on any atom is -0.495 e. The summed E-state index contributed by atoms with van der Waals surface area (Å²) < 4.78 is 32.7. The van der Waals surface area contributed by atoms with Gasteiger partial charge in [-0.2, -0.15) is 4.31 Å². The van der Waals surface area contributed by atoms with Crippen LogP contribution in [0.15, 0.2) is 53.4 Å². The van der Waals surface area contributed by atoms with Gasteiger partial charge in [-0.3, -0.25) is 9.69 Å². The van der Waals surface area contributed by atoms with Gasteiger partial charge in [-0.1, -0.05) is 32.0 Å². The lowest BCUT2D eigenvalue weighted by atomic mass is 10.1. The number of nitrogens with zero attached hydrogens (tertiary/aromatic N) is 3. The molecule has 0 aliphatic carbocycles. The number of unbranched alkanes of at least 4 members (excludes halogenated alkanes) is 1. The molecule has 0 saturated carbocycles. The van der Waals surface area contributed by atoms with E-state index >= 15 is 0 Å². The lowest BCUT2D eigenvalue weighted by Crippen LogP contribution is -2.46. The number of hydrogen-bond donors (Lipinski definition) is 0. The standard InChI is InChI=1S/C26H37N3O4S/c1-4-29(5-2)34(31,32)26-21-22(14-15-25(26)33-3)24(30)13-9-10-16-27-17-19-28(20-18-27)23-11-7-6-8-12-23/h6-8,11-12,14-15,21H,4-5,9-10,13,16-20H2,1-3H3. The van der Waals surface area contributed by atoms with Crippen LogP contribution in [0.5, 0.6) is 5.75 Å². The molecule has 2 aromatic carbocycles. The number of carbonyl (C=O) groups is 1. The Labute approximate surface area is 204 Å². The van der Waals surface area contributed by atoms with E-state index < -0.39 is 10.0 Å². The second-order valence-electron chi connectivity index (χ2n) is 8.50. The Morgan fingerprint density at radius 2 is 1.65 bits per heavy atom. The van der Waals surface area contributed by atoms with Crippen molar-refractivity contribution in [1.82, 2.24) is 9.21 Å². The van der Waals surface area contributed by atoms with Crippen molar-refractivity contribution in [3.8, 4) is 5.75 Å². The number of para-hydroxylation sites is 1. The molecule has 0 spiro atoms. The van der Waals surface area contributed by atoms with Crippen LogP contribution < -0.4 is 9.64 Å². The Kier molecular flexibility index (Phi) is 9.50. The van der Waals surface area contributed by atoms with Crippen molar-refractivity contribution in [2.75, 3.05) is 57.8 Å². The molecule has 1 saturated heterocycles. The molecule has 0 bridgehead atoms. The summed E-state index contributed by atoms with van der Waals surface area (Å²) in [5.41, 5.74) is 1.69. The maximum atomic E-state index is 13.0. The Hall–Kier alpha value is -2.42. The first-order chi connectivity index (χ1) is 16.4. The van der Waals surface area contributed by atoms with E-state index in [0.717, 1.165) is 45.6 Å². The predicted molar refractivity (Wildman–Crippen MR) is 136 cm³/mol. The Morgan fingerprint density at radius 3 is 2.26 bits per heavy atom. The molecule has 1 fully saturated rings. The molecule has 0 amide bonds. The highest BCUT2D eigenvalue weighted by Gasteiger charge is 2.26. The fourth-order valence-electron chi connectivity index (χ4n) is 4.39. The van der Waals surface area contributed by atoms with Gasteiger partial charge in [0.1, 0.15) is 10.6 Å². The van der Waals surface area contributed by atoms with Gasteiger partial charge in [0.05, 0.1) is 7.11 Å². The van der Waals surface area contributed by atoms with E-state index in [9.17, 15) is 13.2 Å². The van der Waals surface area contributed by atoms with Gasteiger partial charge in [-0.25, -0.2) is 8.42 Å². The normalized spacial score (nSPS) is 15.0. The molecule has 0 atom stereocenters. The molecule has 0 N–H and O–H groups in total. The molecule has 1 aliphatic heterocycles. The van der Waals surface area contributed by atoms with E-state index in [0.29, 0.717) is 25.1 Å². The van der Waals surface area contributed by atoms with Crippen LogP contribution in [0.2, 0.25) is 0 Å². The molecule has 2 aromatic rings. The maximum absolute atomic E-state index is 13.0. The van der Waals surface area contributed by atoms with E-state index in [1.807, 2.05) is 6.07 Å². The second kappa shape index (κ2) is 12.3. The largest absolute Gasteiger partial charge is 0.495 e. The summed E-state index contributed by atoms with van der Waals surface area (Å²) in [5.74, 6) is 0.227. The number of anilines is 1. The fraction of sp³-hybridized carbons (Fsp3) is 0.500. The molecule has 3 rings (SSSR count). The highest BCUT2D eigenvalue weighted by molar-refractivity contribution is 7.89. The van der Waals surface area contributed by atoms with Gasteiger partial charge in [0.2, 0.25) is 10.0 Å². The number of ether oxygens (including phenoxy) is 1. The van der Waals surface area contributed by atoms with Crippen molar-refractivity contribution in [1.29, 1.82) is 0 Å². The molecule has 34 heavy (non-hydrogen) atoms. The third-order valence-electron chi connectivity index (χ3n) is 6.43. The third-order valence-corrected chi connectivity index (χ3v) is 8.50. The predicted octanol–water partition coefficient (Wildman–Crippen LogP) is 3.90. The summed E-state index contributed by atoms with van der Waals surface area (Å²) >= 11 is 0. The zero-order valence-electron chi connectivity index (χ0n) is 20.6. The Balaban J connectivity index is 1.51. The first kappa shape index (κ1) is 26.2. The highest BCUT2D eigenvalue weighted by Crippen LogP contribution is 2.28. The maximum Gasteiger partial charge on any atom is 0.246 e. The van der Waals surface area contributed by atoms with Crippen LogP contribution in [0.3, 0.4) is 0 Å². The molecular weight excluding hydrogens is 450 g/mol. The number of rotatable bonds is 12. The van der Waals surface area contributed by atoms with E-state index in [1.165, 1.54) is 23.2 Å². The van der Waals surface area contributed by atoms with Crippen molar-refractivity contribution in [2.24, 2.45) is 0 Å². The lowest BCUT2D eigenvalue weighted by molar-refractivity contribution is 0.0977. The lowest BCUT2D eigenvalue weighted by Gasteiger charge is -2.36. The van der Waals surface area contributed by atoms with Crippen LogP contribution >= 0.6 is 0 Å². The van der Waals surface area contributed by atoms with Crippen molar-refractivity contribution < 1.29 is 17.9 Å². The summed E-state index contributed by atoms with van der Waals surface area (Å²) in [4.78, 5) is 17.7. The summed E-state index contributed by atoms with van der Waals surface area (Å²) in [6, 6.07) is 15.2. The monoisotopic (exact) mass is 487 g/mol. The topological polar surface area (TPSA) is 70.2 Å². The van der Waals surface area contributed by atoms with Crippen LogP contribution in [-0.4, -0.2) is 76.3 Å². The van der Waals surface area contributed by atoms with Gasteiger partial charge in [-0.15, -0.1) is 0 Å². The van der Waals surface area contributed by atoms with E-state index in [4.69, 9.17) is 4.74 Å². The van der Waals surface area contributed by atoms with Gasteiger partial charge >= 0.3 is 0 Å². The molecule has 0 aromatic heterocycles. The Bertz CT molecular complexity index is 1030. The number of carbonyl (C=O) groups excluding carboxylic acids is 1. The summed E-state index contributed by atoms with van der Waals surface area (Å²) in [7, 11) is -2.28. The summed E-state index contributed by atoms with van der Waals surface area (Å²) in [6.45, 7) is 9.35. The van der Waals surface area contributed by atoms with E-state index in [2.05, 4.69) is 34.1 Å². The molecule has 8 heteroatoms. The van der Waals surface area contributed by atoms with E-state index in [1.54, 1.807) is 26.0 Å². The van der Waals surface area contributed by atoms with Gasteiger partial charge in [0, 0.05) is 56.9 Å². The van der Waals surface area contributed by atoms with Crippen LogP contribution in [0.25, 0.3) is 0 Å². The summed E-state index contributed by atoms with van der Waals surface area (Å²) in [6.07, 6.45) is 2.13. The van der Waals surface area contributed by atoms with Gasteiger partial charge in [0.25, 0.3) is 0 Å². The van der Waals surface area contributed by atoms with Crippen LogP contribution in [0.1, 0.15) is 43.5 Å². The molecule has 186 valence electrons. The van der Waals surface area contributed by atoms with Crippen molar-refractivity contribution in [3.05, 3.63) is 54.1 Å². The molecule has 1 heterocycles. The minimum atomic E-state index is -3.72. The zero-order chi connectivity index (χ0) is 24.6. The average molecular weight is 488 g/mol. The molecule has 1 aliphatic rings. The molecule has 0 radical (unpaired) electrons. The van der Waals surface area contributed by atoms with Crippen molar-refractivity contribution >= 4 is 21.5 Å². The van der Waals surface area contributed by atoms with Gasteiger partial charge in [0.15, 0.2) is 5.78 Å². The molecule has 7 nitrogen and oxygen atoms in total. The van der Waals surface area contributed by atoms with Crippen molar-refractivity contribution in [3.63, 3.8) is 0 Å². The number of benzene rings is 2. The number of methoxy groups -OCH3 is 1. The first-order valence-corrected chi connectivity index (χ1v) is 13.6. The Morgan fingerprint density at radius 1 is 0.971 bits per heavy atom. The van der Waals surface area contributed by atoms with Crippen LogP contribution in [-0.2, 0) is 10.0 Å². The fourth-order valence-corrected chi connectivity index (χ4v) is 6.03. The number of Topliss-reactive ketones (excluding diaryl/α,β-unsaturated/α-hetero) is 1. The SMILES string of the molecule is CCN(CC)S(=O)(=O)c1cc(C(=O)CCCCN2CCN(c3ccccc3)CC2)ccc1OC. The third kappa shape index (κ3) is 6.37. The zero-order valence-corrected chi connectivity index (χ0v) is 21.4. The van der Waals surface area contributed by atoms with Gasteiger partial charge < -0.3 is 9.64 Å². The first-order valence-electron chi connectivity index (χ1n) is 12.1. The van der Waals surface area contributed by atoms with E-state index in [-0.39, 0.29) is 16.4 Å². The number of hydrogen-bond acceptors (Lipinski definition) is 6. The minimum absolute atomic E-state index is 0.0347.